The van der Waals surface area contributed by atoms with Gasteiger partial charge in [0, 0.05) is 35.6 Å². The number of pyridine rings is 1. The Morgan fingerprint density at radius 1 is 0.853 bits per heavy atom. The van der Waals surface area contributed by atoms with Crippen molar-refractivity contribution in [3.05, 3.63) is 119 Å². The number of nitrogens with zero attached hydrogens (tertiary/aromatic N) is 1. The van der Waals surface area contributed by atoms with Crippen LogP contribution in [0.5, 0.6) is 5.75 Å². The van der Waals surface area contributed by atoms with Crippen LogP contribution in [0, 0.1) is 6.92 Å². The van der Waals surface area contributed by atoms with Crippen LogP contribution in [0.15, 0.2) is 91.3 Å². The highest BCUT2D eigenvalue weighted by atomic mass is 16.5. The maximum absolute atomic E-state index is 13.2. The number of carbonyl (C=O) groups is 2. The normalized spacial score (nSPS) is 10.4. The second-order valence-electron chi connectivity index (χ2n) is 7.83. The van der Waals surface area contributed by atoms with E-state index in [0.717, 1.165) is 22.4 Å². The number of para-hydroxylation sites is 1. The van der Waals surface area contributed by atoms with Crippen molar-refractivity contribution in [2.45, 2.75) is 13.3 Å². The van der Waals surface area contributed by atoms with E-state index in [2.05, 4.69) is 27.8 Å². The number of aryl methyl sites for hydroxylation is 1. The molecule has 34 heavy (non-hydrogen) atoms. The Morgan fingerprint density at radius 3 is 2.35 bits per heavy atom. The van der Waals surface area contributed by atoms with Crippen LogP contribution in [0.2, 0.25) is 0 Å². The molecule has 3 aromatic carbocycles. The Kier molecular flexibility index (Phi) is 6.98. The third kappa shape index (κ3) is 5.30. The fourth-order valence-electron chi connectivity index (χ4n) is 3.72. The first kappa shape index (κ1) is 22.7. The predicted octanol–water partition coefficient (Wildman–Crippen LogP) is 5.49. The molecule has 0 saturated carbocycles. The van der Waals surface area contributed by atoms with E-state index in [1.165, 1.54) is 0 Å². The van der Waals surface area contributed by atoms with E-state index in [-0.39, 0.29) is 11.8 Å². The van der Waals surface area contributed by atoms with Gasteiger partial charge in [0.15, 0.2) is 0 Å². The van der Waals surface area contributed by atoms with Gasteiger partial charge >= 0.3 is 0 Å². The van der Waals surface area contributed by atoms with Gasteiger partial charge in [-0.3, -0.25) is 14.6 Å². The van der Waals surface area contributed by atoms with Crippen LogP contribution >= 0.6 is 0 Å². The fourth-order valence-corrected chi connectivity index (χ4v) is 3.72. The minimum Gasteiger partial charge on any atom is -0.496 e. The minimum atomic E-state index is -0.315. The Bertz CT molecular complexity index is 1310. The van der Waals surface area contributed by atoms with Gasteiger partial charge in [-0.1, -0.05) is 42.5 Å². The van der Waals surface area contributed by atoms with Crippen LogP contribution in [0.25, 0.3) is 0 Å². The zero-order valence-electron chi connectivity index (χ0n) is 19.0. The van der Waals surface area contributed by atoms with E-state index < -0.39 is 0 Å². The lowest BCUT2D eigenvalue weighted by Gasteiger charge is -2.15. The first-order chi connectivity index (χ1) is 16.5. The monoisotopic (exact) mass is 451 g/mol. The summed E-state index contributed by atoms with van der Waals surface area (Å²) >= 11 is 0. The molecular weight excluding hydrogens is 426 g/mol. The first-order valence-corrected chi connectivity index (χ1v) is 10.9. The zero-order valence-corrected chi connectivity index (χ0v) is 19.0. The van der Waals surface area contributed by atoms with Crippen LogP contribution in [-0.4, -0.2) is 23.9 Å². The van der Waals surface area contributed by atoms with Gasteiger partial charge in [-0.25, -0.2) is 0 Å². The summed E-state index contributed by atoms with van der Waals surface area (Å²) < 4.78 is 5.52. The lowest BCUT2D eigenvalue weighted by Crippen LogP contribution is -2.19. The summed E-state index contributed by atoms with van der Waals surface area (Å²) in [5.74, 6) is 0.132. The maximum Gasteiger partial charge on any atom is 0.257 e. The van der Waals surface area contributed by atoms with Gasteiger partial charge in [0.2, 0.25) is 0 Å². The standard InChI is InChI=1S/C28H25N3O3/c1-19-7-6-10-24(26(19)31-27(32)21-13-15-29-16-14-21)28(33)30-23-11-12-25(34-2)22(18-23)17-20-8-4-3-5-9-20/h3-16,18H,17H2,1-2H3,(H,30,33)(H,31,32). The number of hydrogen-bond donors (Lipinski definition) is 2. The third-order valence-corrected chi connectivity index (χ3v) is 5.47. The van der Waals surface area contributed by atoms with Crippen molar-refractivity contribution in [2.24, 2.45) is 0 Å². The summed E-state index contributed by atoms with van der Waals surface area (Å²) in [5, 5.41) is 5.84. The Balaban J connectivity index is 1.58. The van der Waals surface area contributed by atoms with Gasteiger partial charge in [-0.15, -0.1) is 0 Å². The van der Waals surface area contributed by atoms with Crippen molar-refractivity contribution in [1.82, 2.24) is 4.98 Å². The molecule has 1 heterocycles. The molecule has 1 aromatic heterocycles. The minimum absolute atomic E-state index is 0.305. The van der Waals surface area contributed by atoms with Gasteiger partial charge in [-0.05, 0) is 54.4 Å². The largest absolute Gasteiger partial charge is 0.496 e. The topological polar surface area (TPSA) is 80.3 Å². The molecule has 0 spiro atoms. The zero-order chi connectivity index (χ0) is 23.9. The molecule has 0 aliphatic heterocycles. The van der Waals surface area contributed by atoms with Crippen molar-refractivity contribution in [2.75, 3.05) is 17.7 Å². The average molecular weight is 452 g/mol. The van der Waals surface area contributed by atoms with E-state index >= 15 is 0 Å². The summed E-state index contributed by atoms with van der Waals surface area (Å²) in [6.07, 6.45) is 3.78. The van der Waals surface area contributed by atoms with E-state index in [1.807, 2.05) is 43.3 Å². The smallest absolute Gasteiger partial charge is 0.257 e. The molecule has 4 rings (SSSR count). The Hall–Kier alpha value is -4.45. The van der Waals surface area contributed by atoms with Crippen LogP contribution in [0.3, 0.4) is 0 Å². The molecule has 0 aliphatic carbocycles. The Labute approximate surface area is 198 Å². The molecule has 2 N–H and O–H groups in total. The number of aromatic nitrogens is 1. The lowest BCUT2D eigenvalue weighted by molar-refractivity contribution is 0.102. The number of ether oxygens (including phenoxy) is 1. The molecule has 2 amide bonds. The van der Waals surface area contributed by atoms with E-state index in [0.29, 0.717) is 28.9 Å². The molecule has 0 bridgehead atoms. The number of methoxy groups -OCH3 is 1. The average Bonchev–Trinajstić information content (AvgIpc) is 2.86. The summed E-state index contributed by atoms with van der Waals surface area (Å²) in [7, 11) is 1.63. The summed E-state index contributed by atoms with van der Waals surface area (Å²) in [6.45, 7) is 1.85. The number of carbonyl (C=O) groups excluding carboxylic acids is 2. The van der Waals surface area contributed by atoms with E-state index in [9.17, 15) is 9.59 Å². The van der Waals surface area contributed by atoms with Gasteiger partial charge in [-0.2, -0.15) is 0 Å². The molecule has 0 saturated heterocycles. The quantitative estimate of drug-likeness (QED) is 0.389. The van der Waals surface area contributed by atoms with Crippen molar-refractivity contribution in [1.29, 1.82) is 0 Å². The number of benzene rings is 3. The highest BCUT2D eigenvalue weighted by Gasteiger charge is 2.17. The van der Waals surface area contributed by atoms with Crippen molar-refractivity contribution in [3.8, 4) is 5.75 Å². The van der Waals surface area contributed by atoms with Crippen LogP contribution in [0.1, 0.15) is 37.4 Å². The van der Waals surface area contributed by atoms with Gasteiger partial charge in [0.25, 0.3) is 11.8 Å². The SMILES string of the molecule is COc1ccc(NC(=O)c2cccc(C)c2NC(=O)c2ccncc2)cc1Cc1ccccc1. The molecule has 0 fully saturated rings. The third-order valence-electron chi connectivity index (χ3n) is 5.47. The number of rotatable bonds is 7. The molecule has 0 aliphatic rings. The highest BCUT2D eigenvalue weighted by Crippen LogP contribution is 2.27. The van der Waals surface area contributed by atoms with Crippen LogP contribution < -0.4 is 15.4 Å². The fraction of sp³-hybridized carbons (Fsp3) is 0.107. The maximum atomic E-state index is 13.2. The van der Waals surface area contributed by atoms with Gasteiger partial charge < -0.3 is 15.4 Å². The van der Waals surface area contributed by atoms with E-state index in [1.54, 1.807) is 49.8 Å². The van der Waals surface area contributed by atoms with E-state index in [4.69, 9.17) is 4.74 Å². The number of anilines is 2. The molecule has 6 nitrogen and oxygen atoms in total. The molecular formula is C28H25N3O3. The molecule has 0 radical (unpaired) electrons. The number of amides is 2. The number of nitrogens with one attached hydrogen (secondary N) is 2. The first-order valence-electron chi connectivity index (χ1n) is 10.9. The highest BCUT2D eigenvalue weighted by molar-refractivity contribution is 6.13. The van der Waals surface area contributed by atoms with Crippen molar-refractivity contribution >= 4 is 23.2 Å². The molecule has 4 aromatic rings. The predicted molar refractivity (Wildman–Crippen MR) is 134 cm³/mol. The molecule has 6 heteroatoms. The molecule has 0 atom stereocenters. The van der Waals surface area contributed by atoms with Crippen molar-refractivity contribution < 1.29 is 14.3 Å². The summed E-state index contributed by atoms with van der Waals surface area (Å²) in [6, 6.07) is 24.2. The van der Waals surface area contributed by atoms with Crippen LogP contribution in [-0.2, 0) is 6.42 Å². The second kappa shape index (κ2) is 10.4. The molecule has 0 unspecified atom stereocenters. The van der Waals surface area contributed by atoms with Gasteiger partial charge in [0.05, 0.1) is 18.4 Å². The lowest BCUT2D eigenvalue weighted by atomic mass is 10.0. The summed E-state index contributed by atoms with van der Waals surface area (Å²) in [4.78, 5) is 29.9. The molecule has 170 valence electrons. The van der Waals surface area contributed by atoms with Gasteiger partial charge in [0.1, 0.15) is 5.75 Å². The van der Waals surface area contributed by atoms with Crippen molar-refractivity contribution in [3.63, 3.8) is 0 Å². The van der Waals surface area contributed by atoms with Crippen LogP contribution in [0.4, 0.5) is 11.4 Å². The summed E-state index contributed by atoms with van der Waals surface area (Å²) in [5.41, 5.74) is 4.85. The Morgan fingerprint density at radius 2 is 1.62 bits per heavy atom. The second-order valence-corrected chi connectivity index (χ2v) is 7.83. The number of hydrogen-bond acceptors (Lipinski definition) is 4.